The minimum atomic E-state index is -1.26. The first kappa shape index (κ1) is 11.1. The Balaban J connectivity index is 0. The van der Waals surface area contributed by atoms with Crippen LogP contribution in [0.5, 0.6) is 0 Å². The maximum absolute atomic E-state index is 9.55. The molecule has 0 atom stereocenters. The standard InChI is InChI=1S/C4H4O4.V/c5-3(6)1-2-4(7)8;/h1-2H,(H,5,6)(H,7,8);. The van der Waals surface area contributed by atoms with Crippen molar-refractivity contribution in [2.24, 2.45) is 0 Å². The molecule has 0 spiro atoms. The summed E-state index contributed by atoms with van der Waals surface area (Å²) in [6, 6.07) is 0. The van der Waals surface area contributed by atoms with Crippen LogP contribution in [0.4, 0.5) is 0 Å². The summed E-state index contributed by atoms with van der Waals surface area (Å²) in [7, 11) is 0. The summed E-state index contributed by atoms with van der Waals surface area (Å²) in [6.45, 7) is 0. The van der Waals surface area contributed by atoms with Gasteiger partial charge in [0.05, 0.1) is 0 Å². The second kappa shape index (κ2) is 5.40. The Morgan fingerprint density at radius 3 is 1.33 bits per heavy atom. The van der Waals surface area contributed by atoms with Gasteiger partial charge in [0.1, 0.15) is 0 Å². The zero-order valence-electron chi connectivity index (χ0n) is 4.31. The molecule has 0 aliphatic rings. The van der Waals surface area contributed by atoms with Crippen molar-refractivity contribution in [2.75, 3.05) is 0 Å². The van der Waals surface area contributed by atoms with E-state index in [9.17, 15) is 9.59 Å². The molecule has 0 saturated carbocycles. The molecular formula is C4H4O4V. The molecule has 1 radical (unpaired) electrons. The summed E-state index contributed by atoms with van der Waals surface area (Å²) in [5, 5.41) is 15.6. The minimum Gasteiger partial charge on any atom is -0.478 e. The van der Waals surface area contributed by atoms with Crippen molar-refractivity contribution in [3.63, 3.8) is 0 Å². The predicted molar refractivity (Wildman–Crippen MR) is 24.4 cm³/mol. The summed E-state index contributed by atoms with van der Waals surface area (Å²) >= 11 is 0. The molecule has 49 valence electrons. The van der Waals surface area contributed by atoms with Gasteiger partial charge in [0, 0.05) is 30.7 Å². The molecule has 0 unspecified atom stereocenters. The Bertz CT molecular complexity index is 124. The molecule has 0 aliphatic heterocycles. The molecule has 0 aromatic carbocycles. The van der Waals surface area contributed by atoms with E-state index in [0.29, 0.717) is 12.2 Å². The van der Waals surface area contributed by atoms with E-state index in [4.69, 9.17) is 10.2 Å². The number of carboxylic acids is 2. The quantitative estimate of drug-likeness (QED) is 0.554. The molecule has 0 bridgehead atoms. The van der Waals surface area contributed by atoms with Gasteiger partial charge in [-0.15, -0.1) is 0 Å². The van der Waals surface area contributed by atoms with E-state index in [1.165, 1.54) is 0 Å². The van der Waals surface area contributed by atoms with Crippen molar-refractivity contribution in [1.29, 1.82) is 0 Å². The summed E-state index contributed by atoms with van der Waals surface area (Å²) in [5.41, 5.74) is 0. The van der Waals surface area contributed by atoms with Gasteiger partial charge in [0.25, 0.3) is 0 Å². The van der Waals surface area contributed by atoms with Gasteiger partial charge < -0.3 is 10.2 Å². The van der Waals surface area contributed by atoms with Crippen molar-refractivity contribution in [3.8, 4) is 0 Å². The van der Waals surface area contributed by atoms with Gasteiger partial charge in [-0.1, -0.05) is 0 Å². The summed E-state index contributed by atoms with van der Waals surface area (Å²) in [5.74, 6) is -2.51. The van der Waals surface area contributed by atoms with E-state index in [0.717, 1.165) is 0 Å². The molecule has 0 aromatic rings. The Morgan fingerprint density at radius 2 is 1.22 bits per heavy atom. The molecular weight excluding hydrogens is 163 g/mol. The molecule has 2 N–H and O–H groups in total. The van der Waals surface area contributed by atoms with Crippen molar-refractivity contribution >= 4 is 11.9 Å². The predicted octanol–water partition coefficient (Wildman–Crippen LogP) is -0.291. The first-order valence-corrected chi connectivity index (χ1v) is 1.77. The van der Waals surface area contributed by atoms with Crippen LogP contribution in [0.3, 0.4) is 0 Å². The molecule has 0 amide bonds. The molecule has 0 heterocycles. The molecule has 4 nitrogen and oxygen atoms in total. The van der Waals surface area contributed by atoms with Gasteiger partial charge in [0.15, 0.2) is 0 Å². The Morgan fingerprint density at radius 1 is 1.00 bits per heavy atom. The Kier molecular flexibility index (Phi) is 6.67. The first-order chi connectivity index (χ1) is 3.63. The van der Waals surface area contributed by atoms with Crippen LogP contribution in [0.1, 0.15) is 0 Å². The smallest absolute Gasteiger partial charge is 0.328 e. The molecule has 5 heteroatoms. The molecule has 0 saturated heterocycles. The summed E-state index contributed by atoms with van der Waals surface area (Å²) in [4.78, 5) is 19.1. The maximum Gasteiger partial charge on any atom is 0.328 e. The fraction of sp³-hybridized carbons (Fsp3) is 0. The van der Waals surface area contributed by atoms with E-state index < -0.39 is 11.9 Å². The third kappa shape index (κ3) is 11.1. The zero-order chi connectivity index (χ0) is 6.57. The molecule has 9 heavy (non-hydrogen) atoms. The Hall–Kier alpha value is -0.736. The normalized spacial score (nSPS) is 8.44. The van der Waals surface area contributed by atoms with Crippen LogP contribution in [0.2, 0.25) is 0 Å². The van der Waals surface area contributed by atoms with Gasteiger partial charge >= 0.3 is 11.9 Å². The fourth-order valence-corrected chi connectivity index (χ4v) is 0.143. The van der Waals surface area contributed by atoms with E-state index in [-0.39, 0.29) is 18.6 Å². The number of rotatable bonds is 2. The third-order valence-corrected chi connectivity index (χ3v) is 0.368. The Labute approximate surface area is 63.1 Å². The van der Waals surface area contributed by atoms with E-state index in [2.05, 4.69) is 0 Å². The van der Waals surface area contributed by atoms with Crippen molar-refractivity contribution in [2.45, 2.75) is 0 Å². The van der Waals surface area contributed by atoms with Crippen LogP contribution < -0.4 is 0 Å². The van der Waals surface area contributed by atoms with Gasteiger partial charge in [0.2, 0.25) is 0 Å². The van der Waals surface area contributed by atoms with Gasteiger partial charge in [-0.2, -0.15) is 0 Å². The van der Waals surface area contributed by atoms with Gasteiger partial charge in [-0.3, -0.25) is 0 Å². The molecule has 0 fully saturated rings. The second-order valence-electron chi connectivity index (χ2n) is 1.01. The molecule has 0 rings (SSSR count). The van der Waals surface area contributed by atoms with Crippen molar-refractivity contribution in [3.05, 3.63) is 12.2 Å². The molecule has 0 aromatic heterocycles. The average molecular weight is 167 g/mol. The third-order valence-electron chi connectivity index (χ3n) is 0.368. The van der Waals surface area contributed by atoms with Gasteiger partial charge in [-0.25, -0.2) is 9.59 Å². The topological polar surface area (TPSA) is 74.6 Å². The maximum atomic E-state index is 9.55. The monoisotopic (exact) mass is 167 g/mol. The number of aliphatic carboxylic acids is 2. The number of carbonyl (C=O) groups is 2. The van der Waals surface area contributed by atoms with Crippen molar-refractivity contribution in [1.82, 2.24) is 0 Å². The SMILES string of the molecule is O=C(O)C=CC(=O)O.[V]. The van der Waals surface area contributed by atoms with Gasteiger partial charge in [-0.05, 0) is 0 Å². The van der Waals surface area contributed by atoms with Crippen LogP contribution in [0, 0.1) is 0 Å². The summed E-state index contributed by atoms with van der Waals surface area (Å²) < 4.78 is 0. The van der Waals surface area contributed by atoms with Crippen LogP contribution in [-0.2, 0) is 28.1 Å². The zero-order valence-corrected chi connectivity index (χ0v) is 5.71. The van der Waals surface area contributed by atoms with Crippen LogP contribution in [-0.4, -0.2) is 22.2 Å². The first-order valence-electron chi connectivity index (χ1n) is 1.77. The average Bonchev–Trinajstić information content (AvgIpc) is 1.61. The van der Waals surface area contributed by atoms with Crippen LogP contribution in [0.15, 0.2) is 12.2 Å². The fourth-order valence-electron chi connectivity index (χ4n) is 0.143. The summed E-state index contributed by atoms with van der Waals surface area (Å²) in [6.07, 6.45) is 1.12. The largest absolute Gasteiger partial charge is 0.478 e. The number of hydrogen-bond acceptors (Lipinski definition) is 2. The van der Waals surface area contributed by atoms with Crippen LogP contribution >= 0.6 is 0 Å². The van der Waals surface area contributed by atoms with Crippen LogP contribution in [0.25, 0.3) is 0 Å². The van der Waals surface area contributed by atoms with Crippen molar-refractivity contribution < 1.29 is 38.4 Å². The second-order valence-corrected chi connectivity index (χ2v) is 1.01. The number of carboxylic acid groups (broad SMARTS) is 2. The van der Waals surface area contributed by atoms with E-state index >= 15 is 0 Å². The van der Waals surface area contributed by atoms with E-state index in [1.54, 1.807) is 0 Å². The molecule has 0 aliphatic carbocycles. The minimum absolute atomic E-state index is 0. The van der Waals surface area contributed by atoms with E-state index in [1.807, 2.05) is 0 Å². The number of hydrogen-bond donors (Lipinski definition) is 2.